The van der Waals surface area contributed by atoms with Crippen molar-refractivity contribution < 1.29 is 28.9 Å². The number of rotatable bonds is 7. The number of aromatic nitrogens is 1. The number of ether oxygens (including phenoxy) is 3. The number of carbonyl (C=O) groups excluding carboxylic acids is 2. The lowest BCUT2D eigenvalue weighted by molar-refractivity contribution is -0.132. The number of aliphatic hydroxyl groups excluding tert-OH is 1. The Hall–Kier alpha value is -4.37. The molecule has 0 aliphatic carbocycles. The van der Waals surface area contributed by atoms with E-state index in [0.29, 0.717) is 52.9 Å². The zero-order valence-corrected chi connectivity index (χ0v) is 23.2. The average Bonchev–Trinajstić information content (AvgIpc) is 3.61. The van der Waals surface area contributed by atoms with E-state index in [-0.39, 0.29) is 17.4 Å². The molecule has 8 nitrogen and oxygen atoms in total. The Kier molecular flexibility index (Phi) is 6.67. The summed E-state index contributed by atoms with van der Waals surface area (Å²) in [6.07, 6.45) is 0.724. The third-order valence-electron chi connectivity index (χ3n) is 6.96. The number of carbonyl (C=O) groups is 2. The number of nitrogens with zero attached hydrogens (tertiary/aromatic N) is 2. The number of anilines is 1. The van der Waals surface area contributed by atoms with Crippen molar-refractivity contribution in [3.05, 3.63) is 82.9 Å². The molecule has 1 saturated heterocycles. The summed E-state index contributed by atoms with van der Waals surface area (Å²) in [4.78, 5) is 33.4. The maximum atomic E-state index is 13.6. The minimum absolute atomic E-state index is 0.000163. The van der Waals surface area contributed by atoms with Crippen LogP contribution in [0.2, 0.25) is 0 Å². The number of benzene rings is 3. The van der Waals surface area contributed by atoms with E-state index < -0.39 is 17.7 Å². The first-order valence-electron chi connectivity index (χ1n) is 13.2. The number of thiazole rings is 1. The van der Waals surface area contributed by atoms with E-state index in [1.165, 1.54) is 16.2 Å². The third-order valence-corrected chi connectivity index (χ3v) is 7.98. The van der Waals surface area contributed by atoms with Gasteiger partial charge < -0.3 is 19.3 Å². The second-order valence-corrected chi connectivity index (χ2v) is 10.7. The van der Waals surface area contributed by atoms with E-state index in [1.54, 1.807) is 24.3 Å². The Labute approximate surface area is 235 Å². The van der Waals surface area contributed by atoms with Crippen molar-refractivity contribution >= 4 is 44.1 Å². The molecule has 204 valence electrons. The van der Waals surface area contributed by atoms with Gasteiger partial charge in [-0.05, 0) is 80.4 Å². The highest BCUT2D eigenvalue weighted by Crippen LogP contribution is 2.45. The van der Waals surface area contributed by atoms with Crippen LogP contribution in [-0.2, 0) is 16.0 Å². The molecular weight excluding hydrogens is 528 g/mol. The lowest BCUT2D eigenvalue weighted by atomic mass is 9.94. The monoisotopic (exact) mass is 556 g/mol. The summed E-state index contributed by atoms with van der Waals surface area (Å²) in [5.41, 5.74) is 2.70. The van der Waals surface area contributed by atoms with Crippen molar-refractivity contribution in [1.29, 1.82) is 0 Å². The molecule has 1 aromatic heterocycles. The Morgan fingerprint density at radius 3 is 2.60 bits per heavy atom. The number of aliphatic hydroxyl groups is 1. The number of fused-ring (bicyclic) bond motifs is 2. The molecule has 1 fully saturated rings. The number of amides is 1. The van der Waals surface area contributed by atoms with Crippen LogP contribution in [0.4, 0.5) is 5.13 Å². The fourth-order valence-electron chi connectivity index (χ4n) is 5.26. The van der Waals surface area contributed by atoms with Crippen LogP contribution in [0, 0.1) is 0 Å². The van der Waals surface area contributed by atoms with E-state index in [1.807, 2.05) is 57.2 Å². The molecule has 9 heteroatoms. The van der Waals surface area contributed by atoms with Crippen molar-refractivity contribution in [2.24, 2.45) is 0 Å². The molecule has 0 spiro atoms. The van der Waals surface area contributed by atoms with Crippen LogP contribution >= 0.6 is 11.3 Å². The van der Waals surface area contributed by atoms with Crippen LogP contribution < -0.4 is 19.1 Å². The fourth-order valence-corrected chi connectivity index (χ4v) is 6.28. The number of hydrogen-bond acceptors (Lipinski definition) is 8. The van der Waals surface area contributed by atoms with Gasteiger partial charge in [0.15, 0.2) is 5.13 Å². The first kappa shape index (κ1) is 25.9. The van der Waals surface area contributed by atoms with Gasteiger partial charge in [-0.2, -0.15) is 0 Å². The van der Waals surface area contributed by atoms with Crippen molar-refractivity contribution in [1.82, 2.24) is 4.98 Å². The molecule has 1 N–H and O–H groups in total. The summed E-state index contributed by atoms with van der Waals surface area (Å²) in [6.45, 7) is 6.75. The van der Waals surface area contributed by atoms with E-state index in [4.69, 9.17) is 19.2 Å². The molecule has 2 aliphatic rings. The second kappa shape index (κ2) is 10.3. The molecule has 6 rings (SSSR count). The number of hydrogen-bond donors (Lipinski definition) is 1. The molecule has 0 unspecified atom stereocenters. The van der Waals surface area contributed by atoms with Crippen LogP contribution in [0.25, 0.3) is 16.0 Å². The molecule has 1 amide bonds. The molecule has 40 heavy (non-hydrogen) atoms. The fraction of sp³-hybridized carbons (Fsp3) is 0.258. The molecule has 4 aromatic rings. The predicted octanol–water partition coefficient (Wildman–Crippen LogP) is 6.04. The summed E-state index contributed by atoms with van der Waals surface area (Å²) in [5.74, 6) is 0.281. The minimum atomic E-state index is -0.907. The largest absolute Gasteiger partial charge is 0.507 e. The van der Waals surface area contributed by atoms with Crippen LogP contribution in [0.1, 0.15) is 43.5 Å². The average molecular weight is 557 g/mol. The molecule has 0 bridgehead atoms. The van der Waals surface area contributed by atoms with Crippen LogP contribution in [-0.4, -0.2) is 41.1 Å². The topological polar surface area (TPSA) is 98.2 Å². The van der Waals surface area contributed by atoms with Gasteiger partial charge in [-0.25, -0.2) is 4.98 Å². The van der Waals surface area contributed by atoms with Crippen LogP contribution in [0.15, 0.2) is 66.2 Å². The highest BCUT2D eigenvalue weighted by atomic mass is 32.1. The molecule has 2 aliphatic heterocycles. The minimum Gasteiger partial charge on any atom is -0.507 e. The van der Waals surface area contributed by atoms with E-state index in [9.17, 15) is 14.7 Å². The lowest BCUT2D eigenvalue weighted by Crippen LogP contribution is -2.29. The number of Topliss-reactive ketones (excluding diaryl/α,β-unsaturated/α-hetero) is 1. The second-order valence-electron chi connectivity index (χ2n) is 9.69. The van der Waals surface area contributed by atoms with Gasteiger partial charge in [0.1, 0.15) is 29.1 Å². The Morgan fingerprint density at radius 1 is 1.05 bits per heavy atom. The van der Waals surface area contributed by atoms with Gasteiger partial charge in [-0.3, -0.25) is 14.5 Å². The summed E-state index contributed by atoms with van der Waals surface area (Å²) in [5, 5.41) is 11.9. The van der Waals surface area contributed by atoms with E-state index in [0.717, 1.165) is 16.0 Å². The predicted molar refractivity (Wildman–Crippen MR) is 153 cm³/mol. The van der Waals surface area contributed by atoms with Gasteiger partial charge in [-0.15, -0.1) is 0 Å². The molecule has 3 heterocycles. The molecule has 3 aromatic carbocycles. The molecule has 0 radical (unpaired) electrons. The van der Waals surface area contributed by atoms with Gasteiger partial charge in [0.05, 0.1) is 35.0 Å². The Balaban J connectivity index is 1.51. The third kappa shape index (κ3) is 4.46. The van der Waals surface area contributed by atoms with Gasteiger partial charge in [0.25, 0.3) is 5.78 Å². The van der Waals surface area contributed by atoms with Gasteiger partial charge in [0, 0.05) is 12.0 Å². The maximum Gasteiger partial charge on any atom is 0.301 e. The van der Waals surface area contributed by atoms with Gasteiger partial charge >= 0.3 is 5.91 Å². The smallest absolute Gasteiger partial charge is 0.301 e. The van der Waals surface area contributed by atoms with Crippen LogP contribution in [0.3, 0.4) is 0 Å². The molecule has 2 atom stereocenters. The summed E-state index contributed by atoms with van der Waals surface area (Å²) >= 11 is 1.29. The van der Waals surface area contributed by atoms with Crippen molar-refractivity contribution in [2.75, 3.05) is 18.1 Å². The zero-order valence-electron chi connectivity index (χ0n) is 22.3. The highest BCUT2D eigenvalue weighted by Gasteiger charge is 2.48. The van der Waals surface area contributed by atoms with Gasteiger partial charge in [-0.1, -0.05) is 23.5 Å². The van der Waals surface area contributed by atoms with Crippen molar-refractivity contribution in [3.8, 4) is 17.2 Å². The normalized spacial score (nSPS) is 19.6. The molecule has 0 saturated carbocycles. The van der Waals surface area contributed by atoms with Gasteiger partial charge in [0.2, 0.25) is 0 Å². The maximum absolute atomic E-state index is 13.6. The Morgan fingerprint density at radius 2 is 1.82 bits per heavy atom. The SMILES string of the molecule is CCOc1cccc([C@H]2/C(=C(\O)c3ccc4c(c3)C[C@H](C)O4)C(=O)C(=O)N2c2nc3ccc(OCC)cc3s2)c1. The highest BCUT2D eigenvalue weighted by molar-refractivity contribution is 7.22. The van der Waals surface area contributed by atoms with Crippen molar-refractivity contribution in [2.45, 2.75) is 39.3 Å². The summed E-state index contributed by atoms with van der Waals surface area (Å²) in [6, 6.07) is 17.2. The van der Waals surface area contributed by atoms with E-state index >= 15 is 0 Å². The quantitative estimate of drug-likeness (QED) is 0.168. The first-order valence-corrected chi connectivity index (χ1v) is 14.1. The summed E-state index contributed by atoms with van der Waals surface area (Å²) < 4.78 is 18.0. The van der Waals surface area contributed by atoms with E-state index in [2.05, 4.69) is 0 Å². The zero-order chi connectivity index (χ0) is 28.0. The standard InChI is InChI=1S/C31H28N2O6S/c1-4-37-21-8-6-7-18(15-21)27-26(28(34)19-9-12-24-20(14-19)13-17(3)39-24)29(35)30(36)33(27)31-32-23-11-10-22(38-5-2)16-25(23)40-31/h6-12,14-17,27,34H,4-5,13H2,1-3H3/b28-26+/t17-,27-/m0/s1. The molecular formula is C31H28N2O6S. The van der Waals surface area contributed by atoms with Crippen LogP contribution in [0.5, 0.6) is 17.2 Å². The number of ketones is 1. The lowest BCUT2D eigenvalue weighted by Gasteiger charge is -2.23. The van der Waals surface area contributed by atoms with Crippen molar-refractivity contribution in [3.63, 3.8) is 0 Å². The summed E-state index contributed by atoms with van der Waals surface area (Å²) in [7, 11) is 0. The Bertz CT molecular complexity index is 1680. The first-order chi connectivity index (χ1) is 19.4.